The Morgan fingerprint density at radius 2 is 0.822 bits per heavy atom. The highest BCUT2D eigenvalue weighted by atomic mass is 16.4. The van der Waals surface area contributed by atoms with Gasteiger partial charge in [0.1, 0.15) is 0 Å². The third-order valence-corrected chi connectivity index (χ3v) is 9.25. The van der Waals surface area contributed by atoms with Gasteiger partial charge in [-0.2, -0.15) is 0 Å². The molecule has 5 N–H and O–H groups in total. The van der Waals surface area contributed by atoms with Crippen LogP contribution in [-0.4, -0.2) is 22.5 Å². The van der Waals surface area contributed by atoms with Crippen LogP contribution < -0.4 is 11.5 Å². The fourth-order valence-corrected chi connectivity index (χ4v) is 5.81. The van der Waals surface area contributed by atoms with Gasteiger partial charge in [0.2, 0.25) is 5.91 Å². The van der Waals surface area contributed by atoms with Gasteiger partial charge < -0.3 is 16.6 Å². The lowest BCUT2D eigenvalue weighted by atomic mass is 9.89. The van der Waals surface area contributed by atoms with Crippen LogP contribution in [0.1, 0.15) is 226 Å². The Balaban J connectivity index is 0. The zero-order chi connectivity index (χ0) is 33.7. The number of hydrogen-bond acceptors (Lipinski definition) is 3. The molecule has 45 heavy (non-hydrogen) atoms. The summed E-state index contributed by atoms with van der Waals surface area (Å²) < 4.78 is 0. The molecule has 0 fully saturated rings. The Morgan fingerprint density at radius 1 is 0.511 bits per heavy atom. The van der Waals surface area contributed by atoms with Crippen LogP contribution in [0.15, 0.2) is 12.2 Å². The number of allylic oxidation sites excluding steroid dienone is 2. The average molecular weight is 637 g/mol. The maximum absolute atomic E-state index is 11.3. The lowest BCUT2D eigenvalue weighted by molar-refractivity contribution is -0.137. The van der Waals surface area contributed by atoms with Crippen molar-refractivity contribution >= 4 is 11.9 Å². The van der Waals surface area contributed by atoms with E-state index in [9.17, 15) is 9.59 Å². The molecule has 0 saturated heterocycles. The van der Waals surface area contributed by atoms with Gasteiger partial charge in [0.15, 0.2) is 0 Å². The van der Waals surface area contributed by atoms with Gasteiger partial charge in [-0.1, -0.05) is 187 Å². The lowest BCUT2D eigenvalue weighted by Gasteiger charge is -2.23. The van der Waals surface area contributed by atoms with Crippen molar-refractivity contribution in [2.24, 2.45) is 11.5 Å². The highest BCUT2D eigenvalue weighted by molar-refractivity contribution is 5.84. The number of aliphatic carboxylic acids is 1. The topological polar surface area (TPSA) is 106 Å². The van der Waals surface area contributed by atoms with Gasteiger partial charge in [-0.25, -0.2) is 0 Å². The molecule has 0 aromatic rings. The summed E-state index contributed by atoms with van der Waals surface area (Å²) in [6.07, 6.45) is 44.3. The van der Waals surface area contributed by atoms with E-state index in [1.807, 2.05) is 6.92 Å². The summed E-state index contributed by atoms with van der Waals surface area (Å²) in [5.74, 6) is -1.01. The molecule has 0 saturated carbocycles. The van der Waals surface area contributed by atoms with E-state index >= 15 is 0 Å². The van der Waals surface area contributed by atoms with Crippen LogP contribution in [0.4, 0.5) is 0 Å². The molecular formula is C40H80N2O3. The van der Waals surface area contributed by atoms with Crippen LogP contribution >= 0.6 is 0 Å². The predicted octanol–water partition coefficient (Wildman–Crippen LogP) is 12.3. The fraction of sp³-hybridized carbons (Fsp3) is 0.900. The average Bonchev–Trinajstić information content (AvgIpc) is 3.02. The van der Waals surface area contributed by atoms with Crippen LogP contribution in [0, 0.1) is 0 Å². The van der Waals surface area contributed by atoms with Crippen LogP contribution in [-0.2, 0) is 9.59 Å². The number of hydrogen-bond donors (Lipinski definition) is 3. The summed E-state index contributed by atoms with van der Waals surface area (Å²) in [5.41, 5.74) is 10.6. The molecule has 1 unspecified atom stereocenters. The van der Waals surface area contributed by atoms with Crippen LogP contribution in [0.25, 0.3) is 0 Å². The number of nitrogens with two attached hydrogens (primary N) is 2. The summed E-state index contributed by atoms with van der Waals surface area (Å²) in [6.45, 7) is 6.47. The number of amides is 1. The second kappa shape index (κ2) is 37.1. The number of carboxylic acids is 1. The van der Waals surface area contributed by atoms with Crippen molar-refractivity contribution in [1.29, 1.82) is 0 Å². The smallest absolute Gasteiger partial charge is 0.303 e. The number of primary amides is 1. The van der Waals surface area contributed by atoms with E-state index in [1.165, 1.54) is 167 Å². The molecule has 0 aliphatic rings. The minimum Gasteiger partial charge on any atom is -0.481 e. The summed E-state index contributed by atoms with van der Waals surface area (Å²) >= 11 is 0. The number of rotatable bonds is 34. The molecule has 0 spiro atoms. The van der Waals surface area contributed by atoms with E-state index in [0.717, 1.165) is 25.7 Å². The first-order chi connectivity index (χ1) is 21.8. The zero-order valence-electron chi connectivity index (χ0n) is 30.7. The minimum absolute atomic E-state index is 0.340. The molecule has 0 heterocycles. The van der Waals surface area contributed by atoms with Crippen molar-refractivity contribution in [3.8, 4) is 0 Å². The predicted molar refractivity (Wildman–Crippen MR) is 198 cm³/mol. The van der Waals surface area contributed by atoms with Crippen molar-refractivity contribution in [2.75, 3.05) is 0 Å². The van der Waals surface area contributed by atoms with Crippen LogP contribution in [0.3, 0.4) is 0 Å². The standard InChI is InChI=1S/C22H42O2.C18H38N2O/c1-2-3-4-5-6-7-8-9-10-11-12-13-14-15-16-17-18-19-20-21-22(23)24;1-3-5-6-7-8-9-10-11-12-13-14-15-16-18(20,4-2)17(19)21/h9-10H,2-8,11-21H2,1H3,(H,23,24);3-16,20H2,1-2H3,(H2,19,21)/b10-9-;. The normalized spacial score (nSPS) is 12.6. The summed E-state index contributed by atoms with van der Waals surface area (Å²) in [5, 5.41) is 8.55. The molecule has 1 amide bonds. The van der Waals surface area contributed by atoms with Gasteiger partial charge in [-0.05, 0) is 44.9 Å². The Hall–Kier alpha value is -1.36. The fourth-order valence-electron chi connectivity index (χ4n) is 5.81. The third-order valence-electron chi connectivity index (χ3n) is 9.25. The maximum atomic E-state index is 11.3. The minimum atomic E-state index is -0.779. The SMILES string of the molecule is CCCCCCCC/C=C\CCCCCCCCCCCC(=O)O.CCCCCCCCCCCCCCC(N)(CC)C(N)=O. The first-order valence-corrected chi connectivity index (χ1v) is 19.8. The molecule has 5 heteroatoms. The Kier molecular flexibility index (Phi) is 37.7. The van der Waals surface area contributed by atoms with Crippen molar-refractivity contribution in [1.82, 2.24) is 0 Å². The Morgan fingerprint density at radius 3 is 1.13 bits per heavy atom. The molecular weight excluding hydrogens is 556 g/mol. The van der Waals surface area contributed by atoms with Gasteiger partial charge in [-0.15, -0.1) is 0 Å². The van der Waals surface area contributed by atoms with Crippen molar-refractivity contribution in [3.63, 3.8) is 0 Å². The molecule has 0 aliphatic carbocycles. The molecule has 5 nitrogen and oxygen atoms in total. The Bertz CT molecular complexity index is 651. The van der Waals surface area contributed by atoms with E-state index in [2.05, 4.69) is 26.0 Å². The number of carbonyl (C=O) groups is 2. The third kappa shape index (κ3) is 37.0. The largest absolute Gasteiger partial charge is 0.481 e. The molecule has 0 bridgehead atoms. The monoisotopic (exact) mass is 637 g/mol. The van der Waals surface area contributed by atoms with Crippen LogP contribution in [0.5, 0.6) is 0 Å². The molecule has 0 rings (SSSR count). The highest BCUT2D eigenvalue weighted by Gasteiger charge is 2.28. The lowest BCUT2D eigenvalue weighted by Crippen LogP contribution is -2.51. The molecule has 0 aromatic carbocycles. The number of unbranched alkanes of at least 4 members (excludes halogenated alkanes) is 26. The van der Waals surface area contributed by atoms with Crippen molar-refractivity contribution in [3.05, 3.63) is 12.2 Å². The summed E-state index contributed by atoms with van der Waals surface area (Å²) in [6, 6.07) is 0. The zero-order valence-corrected chi connectivity index (χ0v) is 30.7. The Labute approximate surface area is 281 Å². The second-order valence-electron chi connectivity index (χ2n) is 13.7. The molecule has 0 radical (unpaired) electrons. The van der Waals surface area contributed by atoms with Crippen LogP contribution in [0.2, 0.25) is 0 Å². The van der Waals surface area contributed by atoms with Crippen molar-refractivity contribution < 1.29 is 14.7 Å². The quantitative estimate of drug-likeness (QED) is 0.0482. The number of carboxylic acid groups (broad SMARTS) is 1. The summed E-state index contributed by atoms with van der Waals surface area (Å²) in [7, 11) is 0. The number of carbonyl (C=O) groups excluding carboxylic acids is 1. The van der Waals surface area contributed by atoms with Gasteiger partial charge in [0, 0.05) is 6.42 Å². The van der Waals surface area contributed by atoms with E-state index in [0.29, 0.717) is 12.8 Å². The second-order valence-corrected chi connectivity index (χ2v) is 13.7. The van der Waals surface area contributed by atoms with Gasteiger partial charge in [0.25, 0.3) is 0 Å². The van der Waals surface area contributed by atoms with E-state index in [1.54, 1.807) is 0 Å². The first-order valence-electron chi connectivity index (χ1n) is 19.8. The summed E-state index contributed by atoms with van der Waals surface area (Å²) in [4.78, 5) is 21.7. The molecule has 0 aliphatic heterocycles. The van der Waals surface area contributed by atoms with Crippen molar-refractivity contribution in [2.45, 2.75) is 232 Å². The van der Waals surface area contributed by atoms with Gasteiger partial charge in [0.05, 0.1) is 5.54 Å². The van der Waals surface area contributed by atoms with E-state index in [-0.39, 0.29) is 5.91 Å². The van der Waals surface area contributed by atoms with E-state index in [4.69, 9.17) is 16.6 Å². The first kappa shape index (κ1) is 45.8. The molecule has 268 valence electrons. The maximum Gasteiger partial charge on any atom is 0.303 e. The molecule has 1 atom stereocenters. The van der Waals surface area contributed by atoms with E-state index < -0.39 is 11.5 Å². The highest BCUT2D eigenvalue weighted by Crippen LogP contribution is 2.18. The molecule has 0 aromatic heterocycles. The van der Waals surface area contributed by atoms with Gasteiger partial charge in [-0.3, -0.25) is 9.59 Å². The van der Waals surface area contributed by atoms with Gasteiger partial charge >= 0.3 is 5.97 Å².